The van der Waals surface area contributed by atoms with Gasteiger partial charge in [-0.05, 0) is 6.92 Å². The van der Waals surface area contributed by atoms with Gasteiger partial charge in [-0.15, -0.1) is 0 Å². The Morgan fingerprint density at radius 2 is 2.07 bits per heavy atom. The van der Waals surface area contributed by atoms with Crippen molar-refractivity contribution < 1.29 is 4.79 Å². The topological polar surface area (TPSA) is 121 Å². The lowest BCUT2D eigenvalue weighted by atomic mass is 10.2. The Morgan fingerprint density at radius 1 is 1.43 bits per heavy atom. The van der Waals surface area contributed by atoms with Crippen molar-refractivity contribution in [2.24, 2.45) is 5.73 Å². The Labute approximate surface area is 78.3 Å². The average molecular weight is 198 g/mol. The largest absolute Gasteiger partial charge is 0.352 e. The highest BCUT2D eigenvalue weighted by Crippen LogP contribution is 1.93. The number of amides is 2. The zero-order valence-electron chi connectivity index (χ0n) is 7.51. The second-order valence-electron chi connectivity index (χ2n) is 2.73. The first-order valence-corrected chi connectivity index (χ1v) is 3.86. The highest BCUT2D eigenvalue weighted by Gasteiger charge is 2.04. The van der Waals surface area contributed by atoms with E-state index in [1.165, 1.54) is 6.92 Å². The number of H-pyrrole nitrogens is 2. The molecule has 0 unspecified atom stereocenters. The third-order valence-electron chi connectivity index (χ3n) is 1.72. The van der Waals surface area contributed by atoms with E-state index in [-0.39, 0.29) is 6.54 Å². The van der Waals surface area contributed by atoms with Gasteiger partial charge in [0.2, 0.25) is 0 Å². The Kier molecular flexibility index (Phi) is 2.70. The number of nitrogens with one attached hydrogen (secondary N) is 3. The van der Waals surface area contributed by atoms with Gasteiger partial charge < -0.3 is 16.0 Å². The van der Waals surface area contributed by atoms with Gasteiger partial charge in [-0.2, -0.15) is 0 Å². The standard InChI is InChI=1S/C7H10N4O3/c1-3-4(2-9-6(8)13)10-7(14)11-5(3)12/h2H2,1H3,(H3,8,9,13)(H2,10,11,12,14). The van der Waals surface area contributed by atoms with Crippen molar-refractivity contribution in [3.63, 3.8) is 0 Å². The van der Waals surface area contributed by atoms with Crippen molar-refractivity contribution in [3.05, 3.63) is 32.1 Å². The van der Waals surface area contributed by atoms with Crippen molar-refractivity contribution >= 4 is 6.03 Å². The van der Waals surface area contributed by atoms with Crippen LogP contribution in [0.3, 0.4) is 0 Å². The molecule has 0 fully saturated rings. The maximum absolute atomic E-state index is 11.1. The van der Waals surface area contributed by atoms with Crippen LogP contribution in [0.4, 0.5) is 4.79 Å². The van der Waals surface area contributed by atoms with E-state index in [2.05, 4.69) is 15.3 Å². The number of nitrogens with two attached hydrogens (primary N) is 1. The first-order chi connectivity index (χ1) is 6.50. The van der Waals surface area contributed by atoms with E-state index < -0.39 is 17.3 Å². The summed E-state index contributed by atoms with van der Waals surface area (Å²) < 4.78 is 0. The minimum atomic E-state index is -0.717. The van der Waals surface area contributed by atoms with Crippen LogP contribution in [0, 0.1) is 6.92 Å². The molecule has 5 N–H and O–H groups in total. The lowest BCUT2D eigenvalue weighted by molar-refractivity contribution is 0.248. The SMILES string of the molecule is Cc1c(CNC(N)=O)[nH]c(=O)[nH]c1=O. The smallest absolute Gasteiger partial charge is 0.325 e. The first-order valence-electron chi connectivity index (χ1n) is 3.86. The van der Waals surface area contributed by atoms with Crippen LogP contribution in [0.5, 0.6) is 0 Å². The second kappa shape index (κ2) is 3.77. The second-order valence-corrected chi connectivity index (χ2v) is 2.73. The molecule has 0 saturated carbocycles. The van der Waals surface area contributed by atoms with E-state index in [4.69, 9.17) is 5.73 Å². The van der Waals surface area contributed by atoms with E-state index in [0.717, 1.165) is 0 Å². The number of aromatic amines is 2. The molecule has 7 nitrogen and oxygen atoms in total. The Hall–Kier alpha value is -2.05. The van der Waals surface area contributed by atoms with E-state index in [0.29, 0.717) is 11.3 Å². The Bertz CT molecular complexity index is 459. The highest BCUT2D eigenvalue weighted by molar-refractivity contribution is 5.71. The van der Waals surface area contributed by atoms with Gasteiger partial charge in [-0.25, -0.2) is 9.59 Å². The lowest BCUT2D eigenvalue weighted by Gasteiger charge is -2.03. The minimum Gasteiger partial charge on any atom is -0.352 e. The summed E-state index contributed by atoms with van der Waals surface area (Å²) in [6.45, 7) is 1.56. The number of urea groups is 1. The number of aromatic nitrogens is 2. The van der Waals surface area contributed by atoms with Crippen molar-refractivity contribution in [3.8, 4) is 0 Å². The predicted molar refractivity (Wildman–Crippen MR) is 48.8 cm³/mol. The molecular weight excluding hydrogens is 188 g/mol. The fourth-order valence-corrected chi connectivity index (χ4v) is 0.948. The van der Waals surface area contributed by atoms with Gasteiger partial charge in [-0.1, -0.05) is 0 Å². The molecule has 1 rings (SSSR count). The van der Waals surface area contributed by atoms with Crippen LogP contribution < -0.4 is 22.3 Å². The molecule has 1 heterocycles. The molecule has 0 saturated heterocycles. The van der Waals surface area contributed by atoms with Crippen LogP contribution in [-0.2, 0) is 6.54 Å². The normalized spacial score (nSPS) is 9.79. The van der Waals surface area contributed by atoms with Crippen LogP contribution in [0.2, 0.25) is 0 Å². The van der Waals surface area contributed by atoms with E-state index in [1.807, 2.05) is 0 Å². The molecule has 7 heteroatoms. The monoisotopic (exact) mass is 198 g/mol. The maximum Gasteiger partial charge on any atom is 0.325 e. The molecule has 0 aliphatic carbocycles. The van der Waals surface area contributed by atoms with Crippen LogP contribution in [0.15, 0.2) is 9.59 Å². The van der Waals surface area contributed by atoms with Crippen LogP contribution in [0.25, 0.3) is 0 Å². The number of hydrogen-bond donors (Lipinski definition) is 4. The Balaban J connectivity index is 3.03. The predicted octanol–water partition coefficient (Wildman–Crippen LogP) is -1.46. The van der Waals surface area contributed by atoms with Gasteiger partial charge in [0.1, 0.15) is 0 Å². The molecule has 0 atom stereocenters. The number of rotatable bonds is 2. The van der Waals surface area contributed by atoms with Crippen LogP contribution in [-0.4, -0.2) is 16.0 Å². The van der Waals surface area contributed by atoms with Crippen molar-refractivity contribution in [1.82, 2.24) is 15.3 Å². The summed E-state index contributed by atoms with van der Waals surface area (Å²) in [6.07, 6.45) is 0. The van der Waals surface area contributed by atoms with Gasteiger partial charge in [-0.3, -0.25) is 9.78 Å². The summed E-state index contributed by atoms with van der Waals surface area (Å²) >= 11 is 0. The van der Waals surface area contributed by atoms with Gasteiger partial charge in [0.25, 0.3) is 5.56 Å². The van der Waals surface area contributed by atoms with Crippen molar-refractivity contribution in [2.45, 2.75) is 13.5 Å². The molecule has 0 aromatic carbocycles. The van der Waals surface area contributed by atoms with E-state index >= 15 is 0 Å². The fourth-order valence-electron chi connectivity index (χ4n) is 0.948. The molecule has 0 aliphatic rings. The zero-order chi connectivity index (χ0) is 10.7. The number of carbonyl (C=O) groups excluding carboxylic acids is 1. The number of hydrogen-bond acceptors (Lipinski definition) is 3. The van der Waals surface area contributed by atoms with E-state index in [1.54, 1.807) is 0 Å². The molecular formula is C7H10N4O3. The minimum absolute atomic E-state index is 0.0281. The van der Waals surface area contributed by atoms with Gasteiger partial charge >= 0.3 is 11.7 Å². The Morgan fingerprint density at radius 3 is 2.64 bits per heavy atom. The molecule has 0 aliphatic heterocycles. The highest BCUT2D eigenvalue weighted by atomic mass is 16.2. The third-order valence-corrected chi connectivity index (χ3v) is 1.72. The molecule has 76 valence electrons. The van der Waals surface area contributed by atoms with Crippen LogP contribution in [0.1, 0.15) is 11.3 Å². The molecule has 2 amide bonds. The number of primary amides is 1. The molecule has 0 spiro atoms. The van der Waals surface area contributed by atoms with Gasteiger partial charge in [0.05, 0.1) is 6.54 Å². The van der Waals surface area contributed by atoms with Gasteiger partial charge in [0, 0.05) is 11.3 Å². The van der Waals surface area contributed by atoms with E-state index in [9.17, 15) is 14.4 Å². The fraction of sp³-hybridized carbons (Fsp3) is 0.286. The quantitative estimate of drug-likeness (QED) is 0.464. The molecule has 0 radical (unpaired) electrons. The van der Waals surface area contributed by atoms with Crippen LogP contribution >= 0.6 is 0 Å². The number of carbonyl (C=O) groups is 1. The lowest BCUT2D eigenvalue weighted by Crippen LogP contribution is -2.33. The molecule has 1 aromatic rings. The molecule has 0 bridgehead atoms. The zero-order valence-corrected chi connectivity index (χ0v) is 7.51. The summed E-state index contributed by atoms with van der Waals surface area (Å²) in [5, 5.41) is 2.27. The first kappa shape index (κ1) is 10.0. The summed E-state index contributed by atoms with van der Waals surface area (Å²) in [5.41, 5.74) is 4.44. The summed E-state index contributed by atoms with van der Waals surface area (Å²) in [6, 6.07) is -0.717. The van der Waals surface area contributed by atoms with Crippen molar-refractivity contribution in [1.29, 1.82) is 0 Å². The summed E-state index contributed by atoms with van der Waals surface area (Å²) in [4.78, 5) is 36.8. The molecule has 1 aromatic heterocycles. The summed E-state index contributed by atoms with van der Waals surface area (Å²) in [7, 11) is 0. The average Bonchev–Trinajstić information content (AvgIpc) is 2.08. The van der Waals surface area contributed by atoms with Gasteiger partial charge in [0.15, 0.2) is 0 Å². The maximum atomic E-state index is 11.1. The summed E-state index contributed by atoms with van der Waals surface area (Å²) in [5.74, 6) is 0. The van der Waals surface area contributed by atoms with Crippen molar-refractivity contribution in [2.75, 3.05) is 0 Å². The molecule has 14 heavy (non-hydrogen) atoms. The third kappa shape index (κ3) is 2.22.